The van der Waals surface area contributed by atoms with Crippen molar-refractivity contribution in [3.8, 4) is 0 Å². The lowest BCUT2D eigenvalue weighted by Crippen LogP contribution is -2.29. The van der Waals surface area contributed by atoms with Crippen molar-refractivity contribution < 1.29 is 4.79 Å². The molecule has 0 aliphatic carbocycles. The van der Waals surface area contributed by atoms with Crippen LogP contribution in [0.25, 0.3) is 0 Å². The Morgan fingerprint density at radius 2 is 2.39 bits per heavy atom. The molecular weight excluding hydrogens is 228 g/mol. The molecule has 0 saturated carbocycles. The van der Waals surface area contributed by atoms with Crippen molar-refractivity contribution in [3.05, 3.63) is 25.0 Å². The molecule has 0 spiro atoms. The molecule has 5 nitrogen and oxygen atoms in total. The minimum absolute atomic E-state index is 0.0137. The van der Waals surface area contributed by atoms with E-state index in [4.69, 9.17) is 0 Å². The van der Waals surface area contributed by atoms with E-state index in [1.54, 1.807) is 12.3 Å². The number of amides is 1. The zero-order valence-electron chi connectivity index (χ0n) is 10.6. The van der Waals surface area contributed by atoms with Crippen molar-refractivity contribution in [3.63, 3.8) is 0 Å². The molecule has 0 radical (unpaired) electrons. The molecule has 1 aromatic heterocycles. The van der Waals surface area contributed by atoms with Gasteiger partial charge in [-0.15, -0.1) is 6.58 Å². The minimum atomic E-state index is 0.0137. The van der Waals surface area contributed by atoms with Gasteiger partial charge in [0.1, 0.15) is 0 Å². The number of rotatable bonds is 5. The Morgan fingerprint density at radius 1 is 1.61 bits per heavy atom. The van der Waals surface area contributed by atoms with E-state index in [0.717, 1.165) is 31.6 Å². The maximum Gasteiger partial charge on any atom is 0.224 e. The van der Waals surface area contributed by atoms with E-state index in [0.29, 0.717) is 18.9 Å². The number of anilines is 1. The van der Waals surface area contributed by atoms with E-state index < -0.39 is 0 Å². The number of hydrogen-bond donors (Lipinski definition) is 2. The molecule has 0 unspecified atom stereocenters. The average molecular weight is 248 g/mol. The molecule has 1 aliphatic heterocycles. The molecule has 18 heavy (non-hydrogen) atoms. The van der Waals surface area contributed by atoms with Crippen molar-refractivity contribution in [1.82, 2.24) is 15.1 Å². The maximum absolute atomic E-state index is 11.6. The second-order valence-corrected chi connectivity index (χ2v) is 4.57. The average Bonchev–Trinajstić information content (AvgIpc) is 2.86. The van der Waals surface area contributed by atoms with Gasteiger partial charge < -0.3 is 10.6 Å². The predicted octanol–water partition coefficient (Wildman–Crippen LogP) is 1.71. The van der Waals surface area contributed by atoms with Crippen LogP contribution in [-0.4, -0.2) is 28.8 Å². The van der Waals surface area contributed by atoms with Crippen molar-refractivity contribution >= 4 is 11.6 Å². The molecule has 0 bridgehead atoms. The van der Waals surface area contributed by atoms with Crippen LogP contribution in [0.3, 0.4) is 0 Å². The number of aromatic nitrogens is 2. The summed E-state index contributed by atoms with van der Waals surface area (Å²) in [6.07, 6.45) is 8.74. The number of nitrogens with zero attached hydrogens (tertiary/aromatic N) is 2. The predicted molar refractivity (Wildman–Crippen MR) is 71.4 cm³/mol. The molecule has 0 atom stereocenters. The number of carbonyl (C=O) groups is 1. The van der Waals surface area contributed by atoms with Gasteiger partial charge in [-0.1, -0.05) is 6.08 Å². The normalized spacial score (nSPS) is 16.4. The fraction of sp³-hybridized carbons (Fsp3) is 0.538. The Hall–Kier alpha value is -1.62. The van der Waals surface area contributed by atoms with Crippen molar-refractivity contribution in [2.45, 2.75) is 31.7 Å². The van der Waals surface area contributed by atoms with E-state index in [1.165, 1.54) is 0 Å². The van der Waals surface area contributed by atoms with Crippen molar-refractivity contribution in [1.29, 1.82) is 0 Å². The zero-order chi connectivity index (χ0) is 12.8. The third-order valence-corrected chi connectivity index (χ3v) is 3.14. The second kappa shape index (κ2) is 6.35. The fourth-order valence-electron chi connectivity index (χ4n) is 2.13. The van der Waals surface area contributed by atoms with Gasteiger partial charge in [-0.3, -0.25) is 9.48 Å². The van der Waals surface area contributed by atoms with Crippen LogP contribution in [0.2, 0.25) is 0 Å². The lowest BCUT2D eigenvalue weighted by molar-refractivity contribution is -0.116. The Balaban J connectivity index is 1.89. The van der Waals surface area contributed by atoms with E-state index >= 15 is 0 Å². The van der Waals surface area contributed by atoms with Crippen LogP contribution in [0.5, 0.6) is 0 Å². The smallest absolute Gasteiger partial charge is 0.224 e. The minimum Gasteiger partial charge on any atom is -0.323 e. The Bertz CT molecular complexity index is 407. The summed E-state index contributed by atoms with van der Waals surface area (Å²) < 4.78 is 1.96. The molecule has 2 N–H and O–H groups in total. The van der Waals surface area contributed by atoms with Crippen LogP contribution in [0.4, 0.5) is 5.69 Å². The molecule has 2 rings (SSSR count). The van der Waals surface area contributed by atoms with Gasteiger partial charge in [-0.2, -0.15) is 5.10 Å². The van der Waals surface area contributed by atoms with Crippen molar-refractivity contribution in [2.75, 3.05) is 18.4 Å². The van der Waals surface area contributed by atoms with E-state index in [2.05, 4.69) is 22.3 Å². The summed E-state index contributed by atoms with van der Waals surface area (Å²) in [5.74, 6) is 0.0137. The first-order valence-electron chi connectivity index (χ1n) is 6.45. The monoisotopic (exact) mass is 248 g/mol. The first kappa shape index (κ1) is 12.8. The number of nitrogens with one attached hydrogen (secondary N) is 2. The largest absolute Gasteiger partial charge is 0.323 e. The molecule has 1 amide bonds. The lowest BCUT2D eigenvalue weighted by Gasteiger charge is -2.22. The molecule has 98 valence electrons. The van der Waals surface area contributed by atoms with Gasteiger partial charge in [-0.25, -0.2) is 0 Å². The highest BCUT2D eigenvalue weighted by Gasteiger charge is 2.15. The highest BCUT2D eigenvalue weighted by atomic mass is 16.1. The van der Waals surface area contributed by atoms with Gasteiger partial charge in [0.15, 0.2) is 0 Å². The zero-order valence-corrected chi connectivity index (χ0v) is 10.6. The Morgan fingerprint density at radius 3 is 3.11 bits per heavy atom. The van der Waals surface area contributed by atoms with Crippen LogP contribution < -0.4 is 10.6 Å². The van der Waals surface area contributed by atoms with Gasteiger partial charge in [-0.05, 0) is 32.4 Å². The number of piperidine rings is 1. The van der Waals surface area contributed by atoms with Crippen molar-refractivity contribution in [2.24, 2.45) is 0 Å². The second-order valence-electron chi connectivity index (χ2n) is 4.57. The van der Waals surface area contributed by atoms with Crippen LogP contribution in [0.1, 0.15) is 31.7 Å². The summed E-state index contributed by atoms with van der Waals surface area (Å²) in [5, 5.41) is 10.5. The summed E-state index contributed by atoms with van der Waals surface area (Å²) in [6.45, 7) is 5.67. The number of allylic oxidation sites excluding steroid dienone is 1. The molecule has 1 aliphatic rings. The quantitative estimate of drug-likeness (QED) is 0.780. The SMILES string of the molecule is C=CCCC(=O)Nc1cnn(C2CCNCC2)c1. The van der Waals surface area contributed by atoms with Crippen LogP contribution in [-0.2, 0) is 4.79 Å². The molecule has 2 heterocycles. The standard InChI is InChI=1S/C13H20N4O/c1-2-3-4-13(18)16-11-9-15-17(10-11)12-5-7-14-8-6-12/h2,9-10,12,14H,1,3-8H2,(H,16,18). The highest BCUT2D eigenvalue weighted by molar-refractivity contribution is 5.90. The van der Waals surface area contributed by atoms with Crippen LogP contribution in [0, 0.1) is 0 Å². The topological polar surface area (TPSA) is 59.0 Å². The molecule has 1 saturated heterocycles. The third kappa shape index (κ3) is 3.43. The van der Waals surface area contributed by atoms with Gasteiger partial charge in [0.2, 0.25) is 5.91 Å². The third-order valence-electron chi connectivity index (χ3n) is 3.14. The van der Waals surface area contributed by atoms with Gasteiger partial charge in [0.25, 0.3) is 0 Å². The molecular formula is C13H20N4O. The Labute approximate surface area is 107 Å². The first-order valence-corrected chi connectivity index (χ1v) is 6.45. The van der Waals surface area contributed by atoms with Crippen LogP contribution >= 0.6 is 0 Å². The first-order chi connectivity index (χ1) is 8.79. The fourth-order valence-corrected chi connectivity index (χ4v) is 2.13. The van der Waals surface area contributed by atoms with E-state index in [1.807, 2.05) is 10.9 Å². The van der Waals surface area contributed by atoms with E-state index in [9.17, 15) is 4.79 Å². The van der Waals surface area contributed by atoms with Gasteiger partial charge in [0.05, 0.1) is 17.9 Å². The molecule has 0 aromatic carbocycles. The summed E-state index contributed by atoms with van der Waals surface area (Å²) in [5.41, 5.74) is 0.780. The molecule has 1 fully saturated rings. The molecule has 1 aromatic rings. The maximum atomic E-state index is 11.6. The number of hydrogen-bond acceptors (Lipinski definition) is 3. The van der Waals surface area contributed by atoms with Gasteiger partial charge in [0, 0.05) is 12.6 Å². The summed E-state index contributed by atoms with van der Waals surface area (Å²) in [7, 11) is 0. The lowest BCUT2D eigenvalue weighted by atomic mass is 10.1. The number of carbonyl (C=O) groups excluding carboxylic acids is 1. The summed E-state index contributed by atoms with van der Waals surface area (Å²) in [6, 6.07) is 0.449. The summed E-state index contributed by atoms with van der Waals surface area (Å²) in [4.78, 5) is 11.6. The van der Waals surface area contributed by atoms with E-state index in [-0.39, 0.29) is 5.91 Å². The van der Waals surface area contributed by atoms with Crippen LogP contribution in [0.15, 0.2) is 25.0 Å². The molecule has 5 heteroatoms. The summed E-state index contributed by atoms with van der Waals surface area (Å²) >= 11 is 0. The highest BCUT2D eigenvalue weighted by Crippen LogP contribution is 2.19. The Kier molecular flexibility index (Phi) is 4.52. The van der Waals surface area contributed by atoms with Gasteiger partial charge >= 0.3 is 0 Å².